The first-order valence-electron chi connectivity index (χ1n) is 0.224. The normalized spacial score (nSPS) is 0.500. The van der Waals surface area contributed by atoms with Crippen LogP contribution in [0.5, 0.6) is 0 Å². The van der Waals surface area contributed by atoms with E-state index in [0.29, 0.717) is 0 Å². The Balaban J connectivity index is -0.00000000500. The maximum absolute atomic E-state index is 6.25. The number of nitrogens with zero attached hydrogens (tertiary/aromatic N) is 1. The van der Waals surface area contributed by atoms with Crippen molar-refractivity contribution in [2.45, 2.75) is 0 Å². The summed E-state index contributed by atoms with van der Waals surface area (Å²) in [5.74, 6) is 0. The molecule has 4 heavy (non-hydrogen) atoms. The Kier molecular flexibility index (Phi) is 199. The van der Waals surface area contributed by atoms with Crippen LogP contribution in [0, 0.1) is 11.8 Å². The molecule has 0 saturated heterocycles. The Morgan fingerprint density at radius 3 is 1.25 bits per heavy atom. The van der Waals surface area contributed by atoms with Crippen LogP contribution in [0.1, 0.15) is 0 Å². The van der Waals surface area contributed by atoms with Crippen LogP contribution in [0.25, 0.3) is 0 Å². The molecule has 0 unspecified atom stereocenters. The third-order valence-electron chi connectivity index (χ3n) is 0. The molecule has 0 aliphatic heterocycles. The first-order chi connectivity index (χ1) is 1.00. The van der Waals surface area contributed by atoms with Crippen LogP contribution < -0.4 is 0 Å². The molecule has 3 heteroatoms. The number of hydrogen-bond acceptors (Lipinski definition) is 1. The third kappa shape index (κ3) is 12.6. The first kappa shape index (κ1) is 20.4. The zero-order chi connectivity index (χ0) is 2.00. The molecular formula is CH2FeNPb-. The van der Waals surface area contributed by atoms with E-state index in [-0.39, 0.29) is 44.4 Å². The van der Waals surface area contributed by atoms with Crippen molar-refractivity contribution >= 4 is 27.3 Å². The SMILES string of the molecule is [C-]#N.[Fe].[PbH2]. The molecule has 0 fully saturated rings. The first-order valence-corrected chi connectivity index (χ1v) is 0.224. The van der Waals surface area contributed by atoms with Gasteiger partial charge in [0.1, 0.15) is 0 Å². The van der Waals surface area contributed by atoms with E-state index in [0.717, 1.165) is 0 Å². The van der Waals surface area contributed by atoms with E-state index in [9.17, 15) is 0 Å². The second kappa shape index (κ2) is 38.9. The second-order valence-corrected chi connectivity index (χ2v) is 0. The van der Waals surface area contributed by atoms with Gasteiger partial charge in [0, 0.05) is 17.1 Å². The van der Waals surface area contributed by atoms with Crippen molar-refractivity contribution in [1.29, 1.82) is 5.26 Å². The third-order valence-corrected chi connectivity index (χ3v) is 0. The molecule has 0 rings (SSSR count). The molecule has 1 nitrogen and oxygen atoms in total. The van der Waals surface area contributed by atoms with Crippen LogP contribution in [0.4, 0.5) is 0 Å². The molecule has 0 aromatic carbocycles. The summed E-state index contributed by atoms with van der Waals surface area (Å²) in [4.78, 5) is 0. The quantitative estimate of drug-likeness (QED) is 0.422. The molecule has 0 amide bonds. The molecule has 0 atom stereocenters. The average molecular weight is 291 g/mol. The van der Waals surface area contributed by atoms with Crippen LogP contribution in [-0.2, 0) is 17.1 Å². The van der Waals surface area contributed by atoms with Gasteiger partial charge < -0.3 is 11.8 Å². The Morgan fingerprint density at radius 2 is 1.25 bits per heavy atom. The van der Waals surface area contributed by atoms with E-state index >= 15 is 0 Å². The fourth-order valence-electron chi connectivity index (χ4n) is 0. The summed E-state index contributed by atoms with van der Waals surface area (Å²) < 4.78 is 0. The molecule has 24 valence electrons. The predicted octanol–water partition coefficient (Wildman–Crippen LogP) is -0.822. The fourth-order valence-corrected chi connectivity index (χ4v) is 0. The number of hydrogen-bond donors (Lipinski definition) is 0. The fraction of sp³-hybridized carbons (Fsp3) is 0. The van der Waals surface area contributed by atoms with Gasteiger partial charge in [0.2, 0.25) is 0 Å². The number of rotatable bonds is 0. The van der Waals surface area contributed by atoms with Crippen LogP contribution >= 0.6 is 0 Å². The topological polar surface area (TPSA) is 23.8 Å². The summed E-state index contributed by atoms with van der Waals surface area (Å²) in [6.07, 6.45) is 0. The van der Waals surface area contributed by atoms with Crippen molar-refractivity contribution in [2.75, 3.05) is 0 Å². The zero-order valence-corrected chi connectivity index (χ0v) is 8.61. The van der Waals surface area contributed by atoms with E-state index < -0.39 is 0 Å². The van der Waals surface area contributed by atoms with Gasteiger partial charge in [0.25, 0.3) is 0 Å². The molecule has 0 N–H and O–H groups in total. The summed E-state index contributed by atoms with van der Waals surface area (Å²) in [5, 5.41) is 6.25. The van der Waals surface area contributed by atoms with Gasteiger partial charge in [-0.2, -0.15) is 0 Å². The Morgan fingerprint density at radius 1 is 1.25 bits per heavy atom. The molecule has 0 heterocycles. The molecular weight excluding hydrogens is 289 g/mol. The summed E-state index contributed by atoms with van der Waals surface area (Å²) in [6, 6.07) is 0. The standard InChI is InChI=1S/CN.Fe.Pb.2H/c1-2;;;;/q-1;;;;. The van der Waals surface area contributed by atoms with E-state index in [1.54, 1.807) is 0 Å². The van der Waals surface area contributed by atoms with Crippen molar-refractivity contribution in [1.82, 2.24) is 0 Å². The van der Waals surface area contributed by atoms with Crippen molar-refractivity contribution in [3.8, 4) is 0 Å². The summed E-state index contributed by atoms with van der Waals surface area (Å²) >= 11 is 0. The van der Waals surface area contributed by atoms with Gasteiger partial charge in [0.05, 0.1) is 0 Å². The predicted molar refractivity (Wildman–Crippen MR) is 13.5 cm³/mol. The monoisotopic (exact) mass is 292 g/mol. The Labute approximate surface area is 56.0 Å². The van der Waals surface area contributed by atoms with E-state index in [2.05, 4.69) is 0 Å². The minimum absolute atomic E-state index is 0. The van der Waals surface area contributed by atoms with Crippen molar-refractivity contribution in [3.05, 3.63) is 6.57 Å². The van der Waals surface area contributed by atoms with Crippen LogP contribution in [0.2, 0.25) is 0 Å². The molecule has 0 aliphatic carbocycles. The summed E-state index contributed by atoms with van der Waals surface area (Å²) in [5.41, 5.74) is 0. The van der Waals surface area contributed by atoms with Gasteiger partial charge in [-0.3, -0.25) is 0 Å². The van der Waals surface area contributed by atoms with E-state index in [1.807, 2.05) is 0 Å². The van der Waals surface area contributed by atoms with Crippen molar-refractivity contribution in [3.63, 3.8) is 0 Å². The molecule has 0 spiro atoms. The van der Waals surface area contributed by atoms with Crippen LogP contribution in [0.3, 0.4) is 0 Å². The maximum atomic E-state index is 6.25. The van der Waals surface area contributed by atoms with E-state index in [1.165, 1.54) is 0 Å². The zero-order valence-electron chi connectivity index (χ0n) is 2.01. The Bertz CT molecular complexity index is 12.8. The minimum atomic E-state index is 0. The van der Waals surface area contributed by atoms with Gasteiger partial charge in [-0.25, -0.2) is 0 Å². The summed E-state index contributed by atoms with van der Waals surface area (Å²) in [6.45, 7) is 4.75. The second-order valence-electron chi connectivity index (χ2n) is 0. The Hall–Kier alpha value is 0.932. The molecule has 0 aliphatic rings. The average Bonchev–Trinajstić information content (AvgIpc) is 1.00. The van der Waals surface area contributed by atoms with Gasteiger partial charge in [-0.1, -0.05) is 0 Å². The summed E-state index contributed by atoms with van der Waals surface area (Å²) in [7, 11) is 0. The van der Waals surface area contributed by atoms with Crippen molar-refractivity contribution < 1.29 is 17.1 Å². The van der Waals surface area contributed by atoms with Gasteiger partial charge in [0.15, 0.2) is 0 Å². The molecule has 2 radical (unpaired) electrons. The molecule has 0 bridgehead atoms. The van der Waals surface area contributed by atoms with Gasteiger partial charge in [-0.05, 0) is 0 Å². The van der Waals surface area contributed by atoms with Gasteiger partial charge in [-0.15, -0.1) is 0 Å². The van der Waals surface area contributed by atoms with Crippen molar-refractivity contribution in [2.24, 2.45) is 0 Å². The molecule has 0 aromatic heterocycles. The molecule has 0 aromatic rings. The van der Waals surface area contributed by atoms with E-state index in [4.69, 9.17) is 11.8 Å². The van der Waals surface area contributed by atoms with Crippen LogP contribution in [0.15, 0.2) is 0 Å². The molecule has 0 saturated carbocycles. The van der Waals surface area contributed by atoms with Gasteiger partial charge >= 0.3 is 27.3 Å². The van der Waals surface area contributed by atoms with Crippen LogP contribution in [-0.4, -0.2) is 27.3 Å².